The number of benzene rings is 2. The number of urea groups is 1. The molecule has 4 N–H and O–H groups in total. The Labute approximate surface area is 257 Å². The number of aromatic nitrogens is 2. The molecule has 0 aliphatic carbocycles. The number of aliphatic hydroxyl groups excluding tert-OH is 1. The highest BCUT2D eigenvalue weighted by molar-refractivity contribution is 6.06. The molecule has 0 spiro atoms. The Hall–Kier alpha value is -4.42. The Morgan fingerprint density at radius 1 is 1.09 bits per heavy atom. The number of rotatable bonds is 7. The lowest BCUT2D eigenvalue weighted by Gasteiger charge is -2.35. The van der Waals surface area contributed by atoms with Crippen molar-refractivity contribution in [3.63, 3.8) is 0 Å². The van der Waals surface area contributed by atoms with E-state index in [4.69, 9.17) is 20.6 Å². The van der Waals surface area contributed by atoms with Crippen molar-refractivity contribution in [1.29, 1.82) is 0 Å². The maximum absolute atomic E-state index is 13.5. The second-order valence-electron chi connectivity index (χ2n) is 10.1. The van der Waals surface area contributed by atoms with Crippen molar-refractivity contribution < 1.29 is 22.3 Å². The van der Waals surface area contributed by atoms with Gasteiger partial charge in [-0.2, -0.15) is 4.98 Å². The van der Waals surface area contributed by atoms with Gasteiger partial charge in [-0.25, -0.2) is 9.78 Å². The summed E-state index contributed by atoms with van der Waals surface area (Å²) in [5.74, 6) is 0.806. The maximum Gasteiger partial charge on any atom is 0.330 e. The molecular weight excluding hydrogens is 548 g/mol. The van der Waals surface area contributed by atoms with Gasteiger partial charge in [0, 0.05) is 70.4 Å². The molecule has 0 atom stereocenters. The van der Waals surface area contributed by atoms with E-state index in [9.17, 15) is 9.59 Å². The zero-order chi connectivity index (χ0) is 30.2. The van der Waals surface area contributed by atoms with E-state index >= 15 is 0 Å². The smallest absolute Gasteiger partial charge is 0.330 e. The minimum Gasteiger partial charge on any atom is -0.497 e. The van der Waals surface area contributed by atoms with Crippen LogP contribution in [-0.2, 0) is 6.54 Å². The maximum atomic E-state index is 13.5. The summed E-state index contributed by atoms with van der Waals surface area (Å²) in [5, 5.41) is 10.8. The molecule has 2 aromatic carbocycles. The Morgan fingerprint density at radius 3 is 2.47 bits per heavy atom. The number of ether oxygens (including phenoxy) is 1. The number of nitrogens with one attached hydrogen (secondary N) is 1. The average molecular weight is 597 g/mol. The molecule has 12 heteroatoms. The van der Waals surface area contributed by atoms with E-state index in [1.807, 2.05) is 19.1 Å². The van der Waals surface area contributed by atoms with Crippen molar-refractivity contribution >= 4 is 40.8 Å². The van der Waals surface area contributed by atoms with Crippen LogP contribution in [0.25, 0.3) is 0 Å². The van der Waals surface area contributed by atoms with Crippen LogP contribution in [0.3, 0.4) is 0 Å². The Balaban J connectivity index is 0.00000162. The first kappa shape index (κ1) is 33.1. The number of likely N-dealkylation sites (N-methyl/N-ethyl adjacent to an activating group) is 1. The Morgan fingerprint density at radius 2 is 1.81 bits per heavy atom. The number of fused-ring (bicyclic) bond motifs is 1. The lowest BCUT2D eigenvalue weighted by atomic mass is 10.1. The van der Waals surface area contributed by atoms with E-state index in [2.05, 4.69) is 39.3 Å². The van der Waals surface area contributed by atoms with E-state index in [-0.39, 0.29) is 35.0 Å². The van der Waals surface area contributed by atoms with Gasteiger partial charge in [-0.15, -0.1) is 0 Å². The van der Waals surface area contributed by atoms with Crippen LogP contribution >= 0.6 is 0 Å². The number of methoxy groups -OCH3 is 1. The van der Waals surface area contributed by atoms with Crippen molar-refractivity contribution in [1.82, 2.24) is 14.9 Å². The monoisotopic (exact) mass is 596 g/mol. The Kier molecular flexibility index (Phi) is 11.7. The van der Waals surface area contributed by atoms with Crippen molar-refractivity contribution in [2.75, 3.05) is 73.5 Å². The van der Waals surface area contributed by atoms with E-state index in [0.717, 1.165) is 43.9 Å². The average Bonchev–Trinajstić information content (AvgIpc) is 3.21. The number of nitrogens with zero attached hydrogens (tertiary/aromatic N) is 6. The summed E-state index contributed by atoms with van der Waals surface area (Å²) < 4.78 is 5.32. The van der Waals surface area contributed by atoms with Gasteiger partial charge in [0.25, 0.3) is 0 Å². The summed E-state index contributed by atoms with van der Waals surface area (Å²) >= 11 is 0. The number of carbonyl (C=O) groups excluding carboxylic acids is 2. The first-order chi connectivity index (χ1) is 20.3. The van der Waals surface area contributed by atoms with Crippen molar-refractivity contribution in [3.8, 4) is 5.75 Å². The standard InChI is InChI=1S/C28H34N8O3.C2H6O.CH4.2H2/c1-4-35-26-20(18-36(28(35)38)23-14-19(25(29)37)15-24(16-23)39-3)17-30-27(32-26)31-21-6-8-22(9-7-21)34-11-5-10-33(2)12-13-34;1-2-3;;;/h6-9,14-17H,4-5,10-13,18H2,1-3H3,(H2,29,37)(H,30,31,32);3H,2H2,1H3;1H4;2*1H. The number of carbonyl (C=O) groups is 2. The lowest BCUT2D eigenvalue weighted by molar-refractivity contribution is 0.1000. The van der Waals surface area contributed by atoms with Gasteiger partial charge in [0.05, 0.1) is 19.3 Å². The van der Waals surface area contributed by atoms with E-state index < -0.39 is 5.91 Å². The molecule has 5 rings (SSSR count). The molecule has 236 valence electrons. The second kappa shape index (κ2) is 15.2. The number of nitrogens with two attached hydrogens (primary N) is 1. The zero-order valence-corrected chi connectivity index (χ0v) is 24.7. The van der Waals surface area contributed by atoms with Gasteiger partial charge in [-0.1, -0.05) is 7.43 Å². The normalized spacial score (nSPS) is 15.0. The van der Waals surface area contributed by atoms with Gasteiger partial charge in [0.2, 0.25) is 11.9 Å². The van der Waals surface area contributed by atoms with Crippen LogP contribution in [0.4, 0.5) is 33.6 Å². The predicted molar refractivity (Wildman–Crippen MR) is 176 cm³/mol. The number of anilines is 5. The van der Waals surface area contributed by atoms with Gasteiger partial charge in [-0.05, 0) is 70.3 Å². The lowest BCUT2D eigenvalue weighted by Crippen LogP contribution is -2.48. The zero-order valence-electron chi connectivity index (χ0n) is 24.7. The highest BCUT2D eigenvalue weighted by Gasteiger charge is 2.33. The third kappa shape index (κ3) is 7.90. The summed E-state index contributed by atoms with van der Waals surface area (Å²) in [6.07, 6.45) is 2.87. The summed E-state index contributed by atoms with van der Waals surface area (Å²) in [6, 6.07) is 12.9. The van der Waals surface area contributed by atoms with Crippen molar-refractivity contribution in [2.45, 2.75) is 34.2 Å². The minimum absolute atomic E-state index is 0. The minimum atomic E-state index is -0.599. The predicted octanol–water partition coefficient (Wildman–Crippen LogP) is 4.56. The van der Waals surface area contributed by atoms with Gasteiger partial charge in [0.15, 0.2) is 0 Å². The fraction of sp³-hybridized carbons (Fsp3) is 0.419. The van der Waals surface area contributed by atoms with Crippen LogP contribution in [0.2, 0.25) is 0 Å². The van der Waals surface area contributed by atoms with Crippen LogP contribution in [0.5, 0.6) is 5.75 Å². The number of hydrogen-bond donors (Lipinski definition) is 3. The van der Waals surface area contributed by atoms with Gasteiger partial charge >= 0.3 is 6.03 Å². The summed E-state index contributed by atoms with van der Waals surface area (Å²) in [5.41, 5.74) is 9.12. The third-order valence-electron chi connectivity index (χ3n) is 7.14. The first-order valence-electron chi connectivity index (χ1n) is 14.1. The molecule has 0 bridgehead atoms. The summed E-state index contributed by atoms with van der Waals surface area (Å²) in [4.78, 5) is 42.5. The molecule has 2 aliphatic heterocycles. The summed E-state index contributed by atoms with van der Waals surface area (Å²) in [6.45, 7) is 8.70. The number of primary amides is 1. The topological polar surface area (TPSA) is 140 Å². The molecule has 43 heavy (non-hydrogen) atoms. The molecule has 0 saturated carbocycles. The quantitative estimate of drug-likeness (QED) is 0.358. The molecule has 3 aromatic rings. The van der Waals surface area contributed by atoms with Gasteiger partial charge < -0.3 is 30.7 Å². The molecule has 0 unspecified atom stereocenters. The molecule has 3 heterocycles. The molecule has 3 amide bonds. The van der Waals surface area contributed by atoms with Crippen molar-refractivity contribution in [3.05, 3.63) is 59.8 Å². The number of amides is 3. The molecule has 12 nitrogen and oxygen atoms in total. The highest BCUT2D eigenvalue weighted by atomic mass is 16.5. The van der Waals surface area contributed by atoms with Crippen molar-refractivity contribution in [2.24, 2.45) is 5.73 Å². The molecule has 1 saturated heterocycles. The number of hydrogen-bond acceptors (Lipinski definition) is 9. The van der Waals surface area contributed by atoms with Crippen LogP contribution in [-0.4, -0.2) is 85.4 Å². The third-order valence-corrected chi connectivity index (χ3v) is 7.14. The Bertz CT molecular complexity index is 1400. The fourth-order valence-electron chi connectivity index (χ4n) is 4.95. The van der Waals surface area contributed by atoms with Crippen LogP contribution < -0.4 is 30.5 Å². The largest absolute Gasteiger partial charge is 0.497 e. The van der Waals surface area contributed by atoms with Crippen LogP contribution in [0.1, 0.15) is 46.5 Å². The SMILES string of the molecule is C.CCN1C(=O)N(c2cc(OC)cc(C(N)=O)c2)Cc2cnc(Nc3ccc(N4CCCN(C)CC4)cc3)nc21.CCO.[HH].[HH]. The van der Waals surface area contributed by atoms with E-state index in [1.165, 1.54) is 12.8 Å². The van der Waals surface area contributed by atoms with Crippen LogP contribution in [0, 0.1) is 0 Å². The van der Waals surface area contributed by atoms with Gasteiger partial charge in [-0.3, -0.25) is 14.6 Å². The van der Waals surface area contributed by atoms with E-state index in [1.54, 1.807) is 41.1 Å². The molecule has 0 radical (unpaired) electrons. The first-order valence-corrected chi connectivity index (χ1v) is 14.1. The highest BCUT2D eigenvalue weighted by Crippen LogP contribution is 2.33. The fourth-order valence-corrected chi connectivity index (χ4v) is 4.95. The second-order valence-corrected chi connectivity index (χ2v) is 10.1. The molecule has 1 fully saturated rings. The van der Waals surface area contributed by atoms with E-state index in [0.29, 0.717) is 29.7 Å². The molecule has 2 aliphatic rings. The van der Waals surface area contributed by atoms with Crippen LogP contribution in [0.15, 0.2) is 48.7 Å². The van der Waals surface area contributed by atoms with Gasteiger partial charge in [0.1, 0.15) is 11.6 Å². The summed E-state index contributed by atoms with van der Waals surface area (Å²) in [7, 11) is 3.66. The number of aliphatic hydroxyl groups is 1. The molecular formula is C31H48N8O4. The molecule has 1 aromatic heterocycles.